The zero-order valence-electron chi connectivity index (χ0n) is 10.2. The topological polar surface area (TPSA) is 26.3 Å². The van der Waals surface area contributed by atoms with Crippen molar-refractivity contribution >= 4 is 41.1 Å². The first-order chi connectivity index (χ1) is 6.70. The van der Waals surface area contributed by atoms with Crippen LogP contribution in [0.2, 0.25) is 18.1 Å². The molecule has 0 aliphatic rings. The van der Waals surface area contributed by atoms with E-state index in [0.29, 0.717) is 11.9 Å². The zero-order chi connectivity index (χ0) is 12.1. The van der Waals surface area contributed by atoms with Crippen LogP contribution < -0.4 is 0 Å². The Kier molecular flexibility index (Phi) is 6.71. The van der Waals surface area contributed by atoms with Gasteiger partial charge in [0.05, 0.1) is 5.33 Å². The van der Waals surface area contributed by atoms with Gasteiger partial charge in [-0.15, -0.1) is 0 Å². The first-order valence-electron chi connectivity index (χ1n) is 5.06. The Morgan fingerprint density at radius 1 is 1.40 bits per heavy atom. The third-order valence-electron chi connectivity index (χ3n) is 2.72. The maximum absolute atomic E-state index is 11.0. The van der Waals surface area contributed by atoms with E-state index < -0.39 is 8.32 Å². The van der Waals surface area contributed by atoms with Crippen LogP contribution in [0.5, 0.6) is 0 Å². The molecule has 0 aromatic carbocycles. The van der Waals surface area contributed by atoms with Gasteiger partial charge in [0.2, 0.25) is 0 Å². The molecule has 0 unspecified atom stereocenters. The minimum atomic E-state index is -1.62. The smallest absolute Gasteiger partial charge is 0.199 e. The fourth-order valence-electron chi connectivity index (χ4n) is 0.707. The maximum Gasteiger partial charge on any atom is 0.199 e. The van der Waals surface area contributed by atoms with Crippen LogP contribution in [0.1, 0.15) is 20.8 Å². The Labute approximate surface area is 107 Å². The first-order valence-corrected chi connectivity index (χ1v) is 10.1. The molecule has 90 valence electrons. The molecule has 0 saturated carbocycles. The van der Waals surface area contributed by atoms with Gasteiger partial charge in [-0.3, -0.25) is 4.79 Å². The van der Waals surface area contributed by atoms with Crippen molar-refractivity contribution in [3.8, 4) is 0 Å². The third-order valence-corrected chi connectivity index (χ3v) is 8.98. The van der Waals surface area contributed by atoms with Crippen molar-refractivity contribution in [2.45, 2.75) is 38.9 Å². The molecule has 0 radical (unpaired) electrons. The standard InChI is InChI=1S/C10H21BrO2SSi/c1-10(2,3)15(4,5)13-6-7-14-9(12)8-11/h6-8H2,1-5H3. The summed E-state index contributed by atoms with van der Waals surface area (Å²) in [7, 11) is -1.62. The van der Waals surface area contributed by atoms with E-state index in [1.165, 1.54) is 11.8 Å². The summed E-state index contributed by atoms with van der Waals surface area (Å²) < 4.78 is 5.94. The van der Waals surface area contributed by atoms with E-state index in [-0.39, 0.29) is 10.2 Å². The second-order valence-electron chi connectivity index (χ2n) is 4.96. The lowest BCUT2D eigenvalue weighted by Gasteiger charge is -2.36. The molecule has 5 heteroatoms. The monoisotopic (exact) mass is 312 g/mol. The molecule has 0 rings (SSSR count). The van der Waals surface area contributed by atoms with Crippen LogP contribution in [0.25, 0.3) is 0 Å². The first kappa shape index (κ1) is 15.7. The van der Waals surface area contributed by atoms with Crippen molar-refractivity contribution < 1.29 is 9.22 Å². The summed E-state index contributed by atoms with van der Waals surface area (Å²) in [5.41, 5.74) is 0. The number of hydrogen-bond acceptors (Lipinski definition) is 3. The molecular formula is C10H21BrO2SSi. The number of carbonyl (C=O) groups is 1. The number of carbonyl (C=O) groups excluding carboxylic acids is 1. The molecule has 0 atom stereocenters. The number of rotatable bonds is 5. The molecule has 0 aliphatic heterocycles. The summed E-state index contributed by atoms with van der Waals surface area (Å²) in [6.45, 7) is 11.8. The van der Waals surface area contributed by atoms with Gasteiger partial charge in [-0.1, -0.05) is 48.5 Å². The molecule has 0 aliphatic carbocycles. The lowest BCUT2D eigenvalue weighted by atomic mass is 10.2. The van der Waals surface area contributed by atoms with Crippen LogP contribution in [-0.2, 0) is 9.22 Å². The van der Waals surface area contributed by atoms with E-state index in [1.807, 2.05) is 0 Å². The highest BCUT2D eigenvalue weighted by Gasteiger charge is 2.36. The summed E-state index contributed by atoms with van der Waals surface area (Å²) in [6.07, 6.45) is 0. The van der Waals surface area contributed by atoms with Gasteiger partial charge < -0.3 is 4.43 Å². The highest BCUT2D eigenvalue weighted by Crippen LogP contribution is 2.36. The van der Waals surface area contributed by atoms with Crippen molar-refractivity contribution in [2.24, 2.45) is 0 Å². The quantitative estimate of drug-likeness (QED) is 0.440. The van der Waals surface area contributed by atoms with Gasteiger partial charge in [-0.2, -0.15) is 0 Å². The van der Waals surface area contributed by atoms with Gasteiger partial charge in [0.1, 0.15) is 0 Å². The van der Waals surface area contributed by atoms with E-state index in [1.54, 1.807) is 0 Å². The average Bonchev–Trinajstić information content (AvgIpc) is 2.10. The zero-order valence-corrected chi connectivity index (χ0v) is 13.6. The van der Waals surface area contributed by atoms with E-state index in [2.05, 4.69) is 49.8 Å². The number of hydrogen-bond donors (Lipinski definition) is 0. The van der Waals surface area contributed by atoms with E-state index >= 15 is 0 Å². The second kappa shape index (κ2) is 6.42. The number of halogens is 1. The SMILES string of the molecule is CC(C)(C)[Si](C)(C)OCCSC(=O)CBr. The summed E-state index contributed by atoms with van der Waals surface area (Å²) >= 11 is 4.47. The van der Waals surface area contributed by atoms with Gasteiger partial charge in [0, 0.05) is 12.4 Å². The Bertz CT molecular complexity index is 214. The van der Waals surface area contributed by atoms with E-state index in [4.69, 9.17) is 4.43 Å². The predicted octanol–water partition coefficient (Wildman–Crippen LogP) is 3.66. The van der Waals surface area contributed by atoms with Gasteiger partial charge in [0.25, 0.3) is 0 Å². The molecule has 0 amide bonds. The van der Waals surface area contributed by atoms with E-state index in [9.17, 15) is 4.79 Å². The molecule has 0 spiro atoms. The highest BCUT2D eigenvalue weighted by atomic mass is 79.9. The van der Waals surface area contributed by atoms with Crippen molar-refractivity contribution in [1.29, 1.82) is 0 Å². The van der Waals surface area contributed by atoms with Crippen LogP contribution in [-0.4, -0.2) is 31.1 Å². The number of thioether (sulfide) groups is 1. The molecule has 0 heterocycles. The predicted molar refractivity (Wildman–Crippen MR) is 74.4 cm³/mol. The maximum atomic E-state index is 11.0. The fraction of sp³-hybridized carbons (Fsp3) is 0.900. The van der Waals surface area contributed by atoms with Crippen molar-refractivity contribution in [3.63, 3.8) is 0 Å². The van der Waals surface area contributed by atoms with Gasteiger partial charge in [0.15, 0.2) is 13.4 Å². The average molecular weight is 313 g/mol. The molecule has 2 nitrogen and oxygen atoms in total. The molecule has 0 aromatic heterocycles. The van der Waals surface area contributed by atoms with Crippen LogP contribution in [0.3, 0.4) is 0 Å². The van der Waals surface area contributed by atoms with Gasteiger partial charge >= 0.3 is 0 Å². The van der Waals surface area contributed by atoms with Crippen LogP contribution in [0, 0.1) is 0 Å². The normalized spacial score (nSPS) is 12.9. The van der Waals surface area contributed by atoms with Gasteiger partial charge in [-0.25, -0.2) is 0 Å². The highest BCUT2D eigenvalue weighted by molar-refractivity contribution is 9.09. The molecule has 0 aromatic rings. The molecule has 15 heavy (non-hydrogen) atoms. The summed E-state index contributed by atoms with van der Waals surface area (Å²) in [5, 5.41) is 0.850. The second-order valence-corrected chi connectivity index (χ2v) is 11.5. The largest absolute Gasteiger partial charge is 0.416 e. The molecule has 0 bridgehead atoms. The third kappa shape index (κ3) is 6.09. The van der Waals surface area contributed by atoms with Crippen LogP contribution >= 0.6 is 27.7 Å². The molecule has 0 fully saturated rings. The molecular weight excluding hydrogens is 292 g/mol. The molecule has 0 saturated heterocycles. The fourth-order valence-corrected chi connectivity index (χ4v) is 2.86. The summed E-state index contributed by atoms with van der Waals surface area (Å²) in [5.74, 6) is 0.761. The van der Waals surface area contributed by atoms with Crippen molar-refractivity contribution in [2.75, 3.05) is 17.7 Å². The summed E-state index contributed by atoms with van der Waals surface area (Å²) in [6, 6.07) is 0. The van der Waals surface area contributed by atoms with Crippen molar-refractivity contribution in [1.82, 2.24) is 0 Å². The Morgan fingerprint density at radius 3 is 2.33 bits per heavy atom. The number of alkyl halides is 1. The lowest BCUT2D eigenvalue weighted by Crippen LogP contribution is -2.41. The van der Waals surface area contributed by atoms with Crippen LogP contribution in [0.15, 0.2) is 0 Å². The van der Waals surface area contributed by atoms with E-state index in [0.717, 1.165) is 5.75 Å². The Morgan fingerprint density at radius 2 is 1.93 bits per heavy atom. The Balaban J connectivity index is 3.82. The molecule has 0 N–H and O–H groups in total. The minimum absolute atomic E-state index is 0.175. The van der Waals surface area contributed by atoms with Gasteiger partial charge in [-0.05, 0) is 18.1 Å². The van der Waals surface area contributed by atoms with Crippen molar-refractivity contribution in [3.05, 3.63) is 0 Å². The lowest BCUT2D eigenvalue weighted by molar-refractivity contribution is -0.108. The minimum Gasteiger partial charge on any atom is -0.416 e. The summed E-state index contributed by atoms with van der Waals surface area (Å²) in [4.78, 5) is 11.0. The van der Waals surface area contributed by atoms with Crippen LogP contribution in [0.4, 0.5) is 0 Å². The Hall–Kier alpha value is 0.677.